The van der Waals surface area contributed by atoms with Crippen LogP contribution in [0.15, 0.2) is 0 Å². The van der Waals surface area contributed by atoms with Crippen LogP contribution in [0.1, 0.15) is 111 Å². The third kappa shape index (κ3) is 5.67. The number of aliphatic hydroxyl groups excluding tert-OH is 3. The van der Waals surface area contributed by atoms with Crippen molar-refractivity contribution < 1.29 is 34.8 Å². The van der Waals surface area contributed by atoms with Gasteiger partial charge in [0.25, 0.3) is 0 Å². The van der Waals surface area contributed by atoms with E-state index < -0.39 is 18.2 Å². The number of carbonyl (C=O) groups is 2. The Labute approximate surface area is 228 Å². The Morgan fingerprint density at radius 2 is 1.74 bits per heavy atom. The van der Waals surface area contributed by atoms with Crippen LogP contribution in [0.5, 0.6) is 0 Å². The maximum absolute atomic E-state index is 13.1. The number of hydrogen-bond acceptors (Lipinski definition) is 6. The summed E-state index contributed by atoms with van der Waals surface area (Å²) in [7, 11) is 0. The second-order valence-corrected chi connectivity index (χ2v) is 13.9. The molecule has 0 aliphatic heterocycles. The summed E-state index contributed by atoms with van der Waals surface area (Å²) in [5, 5.41) is 39.9. The molecule has 4 rings (SSSR count). The summed E-state index contributed by atoms with van der Waals surface area (Å²) >= 11 is 0. The number of ether oxygens (including phenoxy) is 1. The summed E-state index contributed by atoms with van der Waals surface area (Å²) in [4.78, 5) is 24.0. The van der Waals surface area contributed by atoms with E-state index in [1.807, 2.05) is 13.8 Å². The molecule has 38 heavy (non-hydrogen) atoms. The van der Waals surface area contributed by atoms with Crippen LogP contribution >= 0.6 is 0 Å². The SMILES string of the molecule is CC[C@H](C)C(=O)O[C@H]1C[C@H]2[C@@H](CC[C@@H]3C[C@H](O)CC[C@@]32C)[C@@H]2CCC(CC[C@H](O)C[C@H](O)CC(=O)O)[C@@]12C. The quantitative estimate of drug-likeness (QED) is 0.292. The first-order valence-electron chi connectivity index (χ1n) is 15.4. The third-order valence-electron chi connectivity index (χ3n) is 12.0. The van der Waals surface area contributed by atoms with Gasteiger partial charge in [-0.05, 0) is 112 Å². The van der Waals surface area contributed by atoms with E-state index in [9.17, 15) is 24.9 Å². The lowest BCUT2D eigenvalue weighted by Gasteiger charge is -2.62. The van der Waals surface area contributed by atoms with Gasteiger partial charge < -0.3 is 25.2 Å². The highest BCUT2D eigenvalue weighted by Gasteiger charge is 2.64. The highest BCUT2D eigenvalue weighted by molar-refractivity contribution is 5.72. The van der Waals surface area contributed by atoms with Crippen molar-refractivity contribution in [1.82, 2.24) is 0 Å². The second-order valence-electron chi connectivity index (χ2n) is 13.9. The molecule has 4 saturated carbocycles. The number of aliphatic hydroxyl groups is 3. The molecule has 0 radical (unpaired) electrons. The van der Waals surface area contributed by atoms with Crippen LogP contribution in [0, 0.1) is 46.3 Å². The number of fused-ring (bicyclic) bond motifs is 5. The van der Waals surface area contributed by atoms with E-state index in [2.05, 4.69) is 13.8 Å². The number of rotatable bonds is 10. The van der Waals surface area contributed by atoms with E-state index in [4.69, 9.17) is 9.84 Å². The van der Waals surface area contributed by atoms with Gasteiger partial charge in [-0.1, -0.05) is 27.7 Å². The molecule has 0 bridgehead atoms. The molecule has 0 spiro atoms. The Kier molecular flexibility index (Phi) is 9.21. The summed E-state index contributed by atoms with van der Waals surface area (Å²) in [6, 6.07) is 0. The summed E-state index contributed by atoms with van der Waals surface area (Å²) in [6.07, 6.45) is 7.85. The molecule has 218 valence electrons. The first-order chi connectivity index (χ1) is 17.9. The van der Waals surface area contributed by atoms with Gasteiger partial charge in [0.15, 0.2) is 0 Å². The first-order valence-corrected chi connectivity index (χ1v) is 15.4. The largest absolute Gasteiger partial charge is 0.481 e. The summed E-state index contributed by atoms with van der Waals surface area (Å²) < 4.78 is 6.45. The Morgan fingerprint density at radius 3 is 2.42 bits per heavy atom. The molecule has 4 N–H and O–H groups in total. The van der Waals surface area contributed by atoms with Crippen LogP contribution in [0.2, 0.25) is 0 Å². The summed E-state index contributed by atoms with van der Waals surface area (Å²) in [5.41, 5.74) is 0.0279. The molecule has 12 atom stereocenters. The molecule has 0 heterocycles. The van der Waals surface area contributed by atoms with Crippen molar-refractivity contribution >= 4 is 11.9 Å². The van der Waals surface area contributed by atoms with Gasteiger partial charge in [-0.3, -0.25) is 9.59 Å². The lowest BCUT2D eigenvalue weighted by atomic mass is 9.44. The fraction of sp³-hybridized carbons (Fsp3) is 0.935. The number of aliphatic carboxylic acids is 1. The van der Waals surface area contributed by atoms with Gasteiger partial charge in [-0.15, -0.1) is 0 Å². The highest BCUT2D eigenvalue weighted by Crippen LogP contribution is 2.68. The minimum absolute atomic E-state index is 0.0713. The second kappa shape index (κ2) is 11.7. The molecule has 0 aromatic carbocycles. The average Bonchev–Trinajstić information content (AvgIpc) is 3.19. The van der Waals surface area contributed by atoms with Crippen molar-refractivity contribution in [2.75, 3.05) is 0 Å². The predicted molar refractivity (Wildman–Crippen MR) is 144 cm³/mol. The fourth-order valence-electron chi connectivity index (χ4n) is 9.47. The number of esters is 1. The molecule has 0 saturated heterocycles. The van der Waals surface area contributed by atoms with Crippen molar-refractivity contribution in [2.45, 2.75) is 136 Å². The zero-order chi connectivity index (χ0) is 27.8. The van der Waals surface area contributed by atoms with Crippen LogP contribution < -0.4 is 0 Å². The lowest BCUT2D eigenvalue weighted by molar-refractivity contribution is -0.198. The molecule has 1 unspecified atom stereocenters. The maximum Gasteiger partial charge on any atom is 0.308 e. The molecule has 0 aromatic rings. The Hall–Kier alpha value is -1.18. The molecule has 4 aliphatic rings. The van der Waals surface area contributed by atoms with Gasteiger partial charge in [-0.2, -0.15) is 0 Å². The molecular formula is C31H52O7. The van der Waals surface area contributed by atoms with E-state index in [-0.39, 0.29) is 47.8 Å². The molecule has 0 amide bonds. The molecule has 0 aromatic heterocycles. The van der Waals surface area contributed by atoms with Crippen molar-refractivity contribution in [3.63, 3.8) is 0 Å². The number of carbonyl (C=O) groups excluding carboxylic acids is 1. The Balaban J connectivity index is 1.54. The minimum Gasteiger partial charge on any atom is -0.481 e. The Morgan fingerprint density at radius 1 is 1.00 bits per heavy atom. The van der Waals surface area contributed by atoms with Gasteiger partial charge in [0.05, 0.1) is 30.7 Å². The van der Waals surface area contributed by atoms with E-state index in [1.165, 1.54) is 12.8 Å². The fourth-order valence-corrected chi connectivity index (χ4v) is 9.47. The smallest absolute Gasteiger partial charge is 0.308 e. The predicted octanol–water partition coefficient (Wildman–Crippen LogP) is 4.94. The summed E-state index contributed by atoms with van der Waals surface area (Å²) in [6.45, 7) is 8.75. The third-order valence-corrected chi connectivity index (χ3v) is 12.0. The minimum atomic E-state index is -1.06. The average molecular weight is 537 g/mol. The summed E-state index contributed by atoms with van der Waals surface area (Å²) in [5.74, 6) is 1.12. The maximum atomic E-state index is 13.1. The Bertz CT molecular complexity index is 846. The zero-order valence-electron chi connectivity index (χ0n) is 24.0. The lowest BCUT2D eigenvalue weighted by Crippen LogP contribution is -2.59. The number of carboxylic acids is 1. The topological polar surface area (TPSA) is 124 Å². The van der Waals surface area contributed by atoms with Crippen LogP contribution in [0.3, 0.4) is 0 Å². The van der Waals surface area contributed by atoms with Crippen molar-refractivity contribution in [3.8, 4) is 0 Å². The van der Waals surface area contributed by atoms with E-state index >= 15 is 0 Å². The van der Waals surface area contributed by atoms with Crippen molar-refractivity contribution in [1.29, 1.82) is 0 Å². The molecule has 7 nitrogen and oxygen atoms in total. The van der Waals surface area contributed by atoms with Gasteiger partial charge in [0.2, 0.25) is 0 Å². The number of hydrogen-bond donors (Lipinski definition) is 4. The number of carboxylic acid groups (broad SMARTS) is 1. The van der Waals surface area contributed by atoms with Gasteiger partial charge in [0, 0.05) is 5.41 Å². The van der Waals surface area contributed by atoms with Gasteiger partial charge >= 0.3 is 11.9 Å². The molecular weight excluding hydrogens is 484 g/mol. The van der Waals surface area contributed by atoms with Crippen molar-refractivity contribution in [2.24, 2.45) is 46.3 Å². The van der Waals surface area contributed by atoms with Crippen LogP contribution in [0.25, 0.3) is 0 Å². The van der Waals surface area contributed by atoms with Crippen molar-refractivity contribution in [3.05, 3.63) is 0 Å². The highest BCUT2D eigenvalue weighted by atomic mass is 16.5. The van der Waals surface area contributed by atoms with Gasteiger partial charge in [0.1, 0.15) is 6.10 Å². The normalized spacial score (nSPS) is 42.8. The van der Waals surface area contributed by atoms with E-state index in [1.54, 1.807) is 0 Å². The molecule has 4 fully saturated rings. The first kappa shape index (κ1) is 29.8. The van der Waals surface area contributed by atoms with E-state index in [0.717, 1.165) is 51.4 Å². The van der Waals surface area contributed by atoms with Gasteiger partial charge in [-0.25, -0.2) is 0 Å². The molecule has 4 aliphatic carbocycles. The zero-order valence-corrected chi connectivity index (χ0v) is 24.0. The monoisotopic (exact) mass is 536 g/mol. The van der Waals surface area contributed by atoms with Crippen LogP contribution in [-0.2, 0) is 14.3 Å². The van der Waals surface area contributed by atoms with E-state index in [0.29, 0.717) is 36.0 Å². The molecule has 7 heteroatoms. The van der Waals surface area contributed by atoms with Crippen LogP contribution in [-0.4, -0.2) is 56.8 Å². The standard InChI is InChI=1S/C31H52O7/c1-5-18(2)29(37)38-27-17-26-24(10-7-20-14-22(33)12-13-30(20,26)3)25-11-8-19(31(25,27)4)6-9-21(32)15-23(34)16-28(35)36/h18-27,32-34H,5-17H2,1-4H3,(H,35,36)/t18-,19?,20+,21-,22+,23-,24-,25-,26-,27-,30-,31+/m0/s1. The van der Waals surface area contributed by atoms with Crippen LogP contribution in [0.4, 0.5) is 0 Å².